The molecule has 2 heterocycles. The summed E-state index contributed by atoms with van der Waals surface area (Å²) in [6.45, 7) is 2.59. The van der Waals surface area contributed by atoms with Crippen LogP contribution in [0.1, 0.15) is 37.1 Å². The Morgan fingerprint density at radius 1 is 1.35 bits per heavy atom. The fourth-order valence-electron chi connectivity index (χ4n) is 2.31. The van der Waals surface area contributed by atoms with Gasteiger partial charge in [0.25, 0.3) is 0 Å². The molecule has 0 aromatic carbocycles. The monoisotopic (exact) mass is 290 g/mol. The highest BCUT2D eigenvalue weighted by atomic mass is 32.1. The van der Waals surface area contributed by atoms with E-state index in [1.807, 2.05) is 25.3 Å². The van der Waals surface area contributed by atoms with Crippen LogP contribution >= 0.6 is 11.5 Å². The van der Waals surface area contributed by atoms with E-state index >= 15 is 0 Å². The molecule has 2 aromatic heterocycles. The van der Waals surface area contributed by atoms with Crippen molar-refractivity contribution in [1.29, 1.82) is 0 Å². The van der Waals surface area contributed by atoms with Gasteiger partial charge in [-0.15, -0.1) is 0 Å². The quantitative estimate of drug-likeness (QED) is 0.916. The first kappa shape index (κ1) is 13.3. The molecule has 0 bridgehead atoms. The summed E-state index contributed by atoms with van der Waals surface area (Å²) in [5, 5.41) is 4.08. The third-order valence-corrected chi connectivity index (χ3v) is 4.12. The van der Waals surface area contributed by atoms with Gasteiger partial charge in [0, 0.05) is 30.3 Å². The summed E-state index contributed by atoms with van der Waals surface area (Å²) in [4.78, 5) is 8.63. The van der Waals surface area contributed by atoms with Crippen molar-refractivity contribution in [3.8, 4) is 5.88 Å². The lowest BCUT2D eigenvalue weighted by Crippen LogP contribution is -2.11. The Balaban J connectivity index is 1.52. The molecule has 106 valence electrons. The number of pyridine rings is 1. The summed E-state index contributed by atoms with van der Waals surface area (Å²) >= 11 is 1.38. The molecular weight excluding hydrogens is 272 g/mol. The second-order valence-corrected chi connectivity index (χ2v) is 5.78. The second-order valence-electron chi connectivity index (χ2n) is 5.03. The predicted molar refractivity (Wildman–Crippen MR) is 79.1 cm³/mol. The van der Waals surface area contributed by atoms with E-state index in [4.69, 9.17) is 4.74 Å². The van der Waals surface area contributed by atoms with Crippen LogP contribution in [0.4, 0.5) is 5.13 Å². The van der Waals surface area contributed by atoms with E-state index in [9.17, 15) is 0 Å². The fourth-order valence-corrected chi connectivity index (χ4v) is 2.88. The van der Waals surface area contributed by atoms with Crippen LogP contribution in [0.25, 0.3) is 0 Å². The average molecular weight is 290 g/mol. The Kier molecular flexibility index (Phi) is 4.11. The van der Waals surface area contributed by atoms with Gasteiger partial charge in [0.05, 0.1) is 0 Å². The normalized spacial score (nSPS) is 15.4. The van der Waals surface area contributed by atoms with E-state index in [1.165, 1.54) is 24.4 Å². The van der Waals surface area contributed by atoms with Crippen molar-refractivity contribution in [2.45, 2.75) is 45.3 Å². The van der Waals surface area contributed by atoms with Gasteiger partial charge in [0.15, 0.2) is 0 Å². The van der Waals surface area contributed by atoms with Crippen LogP contribution in [0.2, 0.25) is 0 Å². The number of anilines is 1. The average Bonchev–Trinajstić information content (AvgIpc) is 3.10. The minimum atomic E-state index is 0.357. The molecule has 6 heteroatoms. The highest BCUT2D eigenvalue weighted by Gasteiger charge is 2.16. The topological polar surface area (TPSA) is 59.9 Å². The molecular formula is C14H18N4OS. The molecule has 0 unspecified atom stereocenters. The largest absolute Gasteiger partial charge is 0.474 e. The zero-order valence-electron chi connectivity index (χ0n) is 11.5. The van der Waals surface area contributed by atoms with Gasteiger partial charge < -0.3 is 10.1 Å². The maximum absolute atomic E-state index is 5.84. The highest BCUT2D eigenvalue weighted by molar-refractivity contribution is 7.09. The van der Waals surface area contributed by atoms with Crippen LogP contribution in [0.15, 0.2) is 18.3 Å². The SMILES string of the molecule is Cc1nsc(NCc2ccc(OC3CCCC3)nc2)n1. The van der Waals surface area contributed by atoms with Gasteiger partial charge >= 0.3 is 0 Å². The summed E-state index contributed by atoms with van der Waals surface area (Å²) in [5.41, 5.74) is 1.11. The summed E-state index contributed by atoms with van der Waals surface area (Å²) < 4.78 is 9.98. The van der Waals surface area contributed by atoms with Crippen molar-refractivity contribution in [3.05, 3.63) is 29.7 Å². The molecule has 1 saturated carbocycles. The number of hydrogen-bond donors (Lipinski definition) is 1. The van der Waals surface area contributed by atoms with E-state index < -0.39 is 0 Å². The first-order valence-corrected chi connectivity index (χ1v) is 7.73. The zero-order chi connectivity index (χ0) is 13.8. The van der Waals surface area contributed by atoms with Crippen LogP contribution in [-0.4, -0.2) is 20.4 Å². The van der Waals surface area contributed by atoms with Crippen molar-refractivity contribution >= 4 is 16.7 Å². The first-order valence-electron chi connectivity index (χ1n) is 6.95. The van der Waals surface area contributed by atoms with Crippen molar-refractivity contribution in [3.63, 3.8) is 0 Å². The zero-order valence-corrected chi connectivity index (χ0v) is 12.3. The number of aryl methyl sites for hydroxylation is 1. The molecule has 0 atom stereocenters. The number of aromatic nitrogens is 3. The maximum Gasteiger partial charge on any atom is 0.213 e. The molecule has 5 nitrogen and oxygen atoms in total. The highest BCUT2D eigenvalue weighted by Crippen LogP contribution is 2.23. The minimum absolute atomic E-state index is 0.357. The molecule has 1 aliphatic rings. The number of ether oxygens (including phenoxy) is 1. The smallest absolute Gasteiger partial charge is 0.213 e. The summed E-state index contributed by atoms with van der Waals surface area (Å²) in [6.07, 6.45) is 7.06. The van der Waals surface area contributed by atoms with Crippen molar-refractivity contribution in [2.75, 3.05) is 5.32 Å². The van der Waals surface area contributed by atoms with Gasteiger partial charge in [-0.05, 0) is 38.2 Å². The lowest BCUT2D eigenvalue weighted by Gasteiger charge is -2.12. The number of nitrogens with one attached hydrogen (secondary N) is 1. The van der Waals surface area contributed by atoms with Gasteiger partial charge in [-0.25, -0.2) is 9.97 Å². The van der Waals surface area contributed by atoms with Crippen LogP contribution in [-0.2, 0) is 6.54 Å². The van der Waals surface area contributed by atoms with Crippen LogP contribution in [0.5, 0.6) is 5.88 Å². The molecule has 0 saturated heterocycles. The summed E-state index contributed by atoms with van der Waals surface area (Å²) in [6, 6.07) is 3.98. The van der Waals surface area contributed by atoms with E-state index in [1.54, 1.807) is 0 Å². The third kappa shape index (κ3) is 3.45. The lowest BCUT2D eigenvalue weighted by molar-refractivity contribution is 0.201. The van der Waals surface area contributed by atoms with E-state index in [-0.39, 0.29) is 0 Å². The summed E-state index contributed by atoms with van der Waals surface area (Å²) in [7, 11) is 0. The van der Waals surface area contributed by atoms with Gasteiger partial charge in [0.1, 0.15) is 11.9 Å². The Labute approximate surface area is 122 Å². The molecule has 0 amide bonds. The molecule has 1 N–H and O–H groups in total. The second kappa shape index (κ2) is 6.17. The molecule has 0 radical (unpaired) electrons. The maximum atomic E-state index is 5.84. The van der Waals surface area contributed by atoms with Crippen molar-refractivity contribution in [1.82, 2.24) is 14.3 Å². The molecule has 3 rings (SSSR count). The molecule has 2 aromatic rings. The standard InChI is InChI=1S/C14H18N4OS/c1-10-17-14(20-18-10)16-9-11-6-7-13(15-8-11)19-12-4-2-3-5-12/h6-8,12H,2-5,9H2,1H3,(H,16,17,18). The molecule has 1 fully saturated rings. The summed E-state index contributed by atoms with van der Waals surface area (Å²) in [5.74, 6) is 1.53. The Morgan fingerprint density at radius 2 is 2.20 bits per heavy atom. The number of nitrogens with zero attached hydrogens (tertiary/aromatic N) is 3. The fraction of sp³-hybridized carbons (Fsp3) is 0.500. The van der Waals surface area contributed by atoms with Gasteiger partial charge in [-0.1, -0.05) is 6.07 Å². The lowest BCUT2D eigenvalue weighted by atomic mass is 10.3. The molecule has 1 aliphatic carbocycles. The van der Waals surface area contributed by atoms with Crippen LogP contribution in [0, 0.1) is 6.92 Å². The molecule has 0 aliphatic heterocycles. The van der Waals surface area contributed by atoms with Gasteiger partial charge in [-0.2, -0.15) is 4.37 Å². The minimum Gasteiger partial charge on any atom is -0.474 e. The number of rotatable bonds is 5. The van der Waals surface area contributed by atoms with Crippen molar-refractivity contribution < 1.29 is 4.74 Å². The van der Waals surface area contributed by atoms with Crippen LogP contribution in [0.3, 0.4) is 0 Å². The van der Waals surface area contributed by atoms with Gasteiger partial charge in [0.2, 0.25) is 11.0 Å². The molecule has 20 heavy (non-hydrogen) atoms. The van der Waals surface area contributed by atoms with Crippen molar-refractivity contribution in [2.24, 2.45) is 0 Å². The van der Waals surface area contributed by atoms with E-state index in [0.29, 0.717) is 12.6 Å². The third-order valence-electron chi connectivity index (χ3n) is 3.36. The Bertz CT molecular complexity index is 549. The first-order chi connectivity index (χ1) is 9.79. The van der Waals surface area contributed by atoms with Gasteiger partial charge in [-0.3, -0.25) is 0 Å². The molecule has 0 spiro atoms. The van der Waals surface area contributed by atoms with E-state index in [0.717, 1.165) is 35.2 Å². The Morgan fingerprint density at radius 3 is 2.85 bits per heavy atom. The van der Waals surface area contributed by atoms with E-state index in [2.05, 4.69) is 19.7 Å². The number of hydrogen-bond acceptors (Lipinski definition) is 6. The Hall–Kier alpha value is -1.69. The predicted octanol–water partition coefficient (Wildman–Crippen LogP) is 3.18. The van der Waals surface area contributed by atoms with Crippen LogP contribution < -0.4 is 10.1 Å².